The molecule has 0 amide bonds. The van der Waals surface area contributed by atoms with Crippen LogP contribution in [0.1, 0.15) is 26.3 Å². The molecular weight excluding hydrogens is 280 g/mol. The van der Waals surface area contributed by atoms with E-state index in [4.69, 9.17) is 4.42 Å². The minimum absolute atomic E-state index is 0.606. The normalized spacial score (nSPS) is 11.4. The van der Waals surface area contributed by atoms with Gasteiger partial charge >= 0.3 is 0 Å². The molecule has 1 N–H and O–H groups in total. The molecule has 0 saturated heterocycles. The highest BCUT2D eigenvalue weighted by atomic mass is 32.1. The van der Waals surface area contributed by atoms with Crippen LogP contribution in [0, 0.1) is 5.92 Å². The maximum absolute atomic E-state index is 6.03. The summed E-state index contributed by atoms with van der Waals surface area (Å²) in [5.41, 5.74) is 3.11. The van der Waals surface area contributed by atoms with E-state index in [1.807, 2.05) is 12.1 Å². The highest BCUT2D eigenvalue weighted by Crippen LogP contribution is 2.35. The molecule has 0 unspecified atom stereocenters. The molecule has 0 aliphatic heterocycles. The zero-order valence-corrected chi connectivity index (χ0v) is 13.5. The molecule has 0 bridgehead atoms. The van der Waals surface area contributed by atoms with Gasteiger partial charge in [-0.3, -0.25) is 0 Å². The van der Waals surface area contributed by atoms with Crippen LogP contribution in [0.25, 0.3) is 22.4 Å². The summed E-state index contributed by atoms with van der Waals surface area (Å²) in [6, 6.07) is 8.19. The summed E-state index contributed by atoms with van der Waals surface area (Å²) in [7, 11) is 0. The SMILES string of the molecule is CCc1c(-c2csc(NCC(C)C)n2)oc2ccccc12. The van der Waals surface area contributed by atoms with E-state index in [-0.39, 0.29) is 0 Å². The number of nitrogens with zero attached hydrogens (tertiary/aromatic N) is 1. The molecule has 1 aromatic carbocycles. The Kier molecular flexibility index (Phi) is 3.97. The zero-order chi connectivity index (χ0) is 14.8. The van der Waals surface area contributed by atoms with Crippen molar-refractivity contribution in [1.82, 2.24) is 4.98 Å². The third-order valence-corrected chi connectivity index (χ3v) is 4.25. The lowest BCUT2D eigenvalue weighted by Crippen LogP contribution is -2.07. The highest BCUT2D eigenvalue weighted by Gasteiger charge is 2.16. The van der Waals surface area contributed by atoms with Crippen molar-refractivity contribution in [3.05, 3.63) is 35.2 Å². The van der Waals surface area contributed by atoms with Crippen LogP contribution < -0.4 is 5.32 Å². The maximum Gasteiger partial charge on any atom is 0.183 e. The van der Waals surface area contributed by atoms with Crippen molar-refractivity contribution >= 4 is 27.4 Å². The third-order valence-electron chi connectivity index (χ3n) is 3.45. The van der Waals surface area contributed by atoms with Crippen LogP contribution in [-0.4, -0.2) is 11.5 Å². The maximum atomic E-state index is 6.03. The molecule has 3 nitrogen and oxygen atoms in total. The number of fused-ring (bicyclic) bond motifs is 1. The van der Waals surface area contributed by atoms with Gasteiger partial charge in [-0.15, -0.1) is 11.3 Å². The van der Waals surface area contributed by atoms with E-state index in [9.17, 15) is 0 Å². The zero-order valence-electron chi connectivity index (χ0n) is 12.6. The minimum Gasteiger partial charge on any atom is -0.454 e. The van der Waals surface area contributed by atoms with Gasteiger partial charge < -0.3 is 9.73 Å². The fraction of sp³-hybridized carbons (Fsp3) is 0.353. The number of hydrogen-bond acceptors (Lipinski definition) is 4. The first-order valence-electron chi connectivity index (χ1n) is 7.39. The van der Waals surface area contributed by atoms with Crippen molar-refractivity contribution in [1.29, 1.82) is 0 Å². The summed E-state index contributed by atoms with van der Waals surface area (Å²) < 4.78 is 6.03. The number of rotatable bonds is 5. The third kappa shape index (κ3) is 2.81. The Morgan fingerprint density at radius 2 is 2.10 bits per heavy atom. The van der Waals surface area contributed by atoms with Crippen molar-refractivity contribution in [2.24, 2.45) is 5.92 Å². The van der Waals surface area contributed by atoms with Crippen LogP contribution in [0.2, 0.25) is 0 Å². The van der Waals surface area contributed by atoms with Crippen LogP contribution in [0.3, 0.4) is 0 Å². The Hall–Kier alpha value is -1.81. The van der Waals surface area contributed by atoms with E-state index in [0.29, 0.717) is 5.92 Å². The van der Waals surface area contributed by atoms with Crippen molar-refractivity contribution in [2.75, 3.05) is 11.9 Å². The second-order valence-corrected chi connectivity index (χ2v) is 6.43. The van der Waals surface area contributed by atoms with E-state index in [2.05, 4.69) is 48.6 Å². The summed E-state index contributed by atoms with van der Waals surface area (Å²) in [4.78, 5) is 4.67. The molecule has 3 aromatic rings. The fourth-order valence-corrected chi connectivity index (χ4v) is 3.11. The summed E-state index contributed by atoms with van der Waals surface area (Å²) >= 11 is 1.63. The van der Waals surface area contributed by atoms with Gasteiger partial charge in [0.1, 0.15) is 11.3 Å². The number of benzene rings is 1. The smallest absolute Gasteiger partial charge is 0.183 e. The van der Waals surface area contributed by atoms with Gasteiger partial charge in [-0.2, -0.15) is 0 Å². The molecule has 3 rings (SSSR count). The molecule has 0 atom stereocenters. The van der Waals surface area contributed by atoms with Crippen molar-refractivity contribution in [3.63, 3.8) is 0 Å². The van der Waals surface area contributed by atoms with Crippen LogP contribution in [-0.2, 0) is 6.42 Å². The molecule has 0 aliphatic carbocycles. The number of aryl methyl sites for hydroxylation is 1. The van der Waals surface area contributed by atoms with E-state index in [1.54, 1.807) is 11.3 Å². The second-order valence-electron chi connectivity index (χ2n) is 5.57. The summed E-state index contributed by atoms with van der Waals surface area (Å²) in [6.45, 7) is 7.48. The van der Waals surface area contributed by atoms with Crippen molar-refractivity contribution in [3.8, 4) is 11.5 Å². The summed E-state index contributed by atoms with van der Waals surface area (Å²) in [5, 5.41) is 7.59. The second kappa shape index (κ2) is 5.90. The number of aromatic nitrogens is 1. The summed E-state index contributed by atoms with van der Waals surface area (Å²) in [6.07, 6.45) is 0.943. The Labute approximate surface area is 129 Å². The molecule has 0 saturated carbocycles. The molecule has 0 radical (unpaired) electrons. The Morgan fingerprint density at radius 1 is 1.29 bits per heavy atom. The first-order chi connectivity index (χ1) is 10.2. The van der Waals surface area contributed by atoms with Gasteiger partial charge in [-0.1, -0.05) is 39.0 Å². The minimum atomic E-state index is 0.606. The van der Waals surface area contributed by atoms with Crippen molar-refractivity contribution < 1.29 is 4.42 Å². The van der Waals surface area contributed by atoms with Gasteiger partial charge in [0.2, 0.25) is 0 Å². The highest BCUT2D eigenvalue weighted by molar-refractivity contribution is 7.14. The van der Waals surface area contributed by atoms with Gasteiger partial charge in [0, 0.05) is 22.9 Å². The number of hydrogen-bond donors (Lipinski definition) is 1. The lowest BCUT2D eigenvalue weighted by Gasteiger charge is -2.04. The molecule has 0 spiro atoms. The largest absolute Gasteiger partial charge is 0.454 e. The van der Waals surface area contributed by atoms with Gasteiger partial charge in [0.05, 0.1) is 0 Å². The average molecular weight is 300 g/mol. The lowest BCUT2D eigenvalue weighted by atomic mass is 10.1. The van der Waals surface area contributed by atoms with E-state index < -0.39 is 0 Å². The monoisotopic (exact) mass is 300 g/mol. The predicted octanol–water partition coefficient (Wildman–Crippen LogP) is 5.19. The quantitative estimate of drug-likeness (QED) is 0.705. The molecule has 110 valence electrons. The number of anilines is 1. The van der Waals surface area contributed by atoms with E-state index in [0.717, 1.165) is 35.1 Å². The van der Waals surface area contributed by atoms with Gasteiger partial charge in [0.15, 0.2) is 10.9 Å². The molecule has 2 heterocycles. The van der Waals surface area contributed by atoms with Crippen molar-refractivity contribution in [2.45, 2.75) is 27.2 Å². The Balaban J connectivity index is 1.96. The fourth-order valence-electron chi connectivity index (χ4n) is 2.41. The number of para-hydroxylation sites is 1. The molecule has 0 fully saturated rings. The molecular formula is C17H20N2OS. The van der Waals surface area contributed by atoms with Gasteiger partial charge in [-0.25, -0.2) is 4.98 Å². The van der Waals surface area contributed by atoms with E-state index in [1.165, 1.54) is 10.9 Å². The van der Waals surface area contributed by atoms with Crippen LogP contribution in [0.5, 0.6) is 0 Å². The van der Waals surface area contributed by atoms with E-state index >= 15 is 0 Å². The number of thiazole rings is 1. The Morgan fingerprint density at radius 3 is 2.86 bits per heavy atom. The molecule has 4 heteroatoms. The van der Waals surface area contributed by atoms with Gasteiger partial charge in [-0.05, 0) is 18.4 Å². The number of furan rings is 1. The molecule has 2 aromatic heterocycles. The molecule has 21 heavy (non-hydrogen) atoms. The first-order valence-corrected chi connectivity index (χ1v) is 8.27. The average Bonchev–Trinajstić information content (AvgIpc) is 3.08. The van der Waals surface area contributed by atoms with Gasteiger partial charge in [0.25, 0.3) is 0 Å². The number of nitrogens with one attached hydrogen (secondary N) is 1. The first kappa shape index (κ1) is 14.1. The predicted molar refractivity (Wildman–Crippen MR) is 90.0 cm³/mol. The van der Waals surface area contributed by atoms with Crippen LogP contribution in [0.4, 0.5) is 5.13 Å². The van der Waals surface area contributed by atoms with Crippen LogP contribution in [0.15, 0.2) is 34.1 Å². The molecule has 0 aliphatic rings. The standard InChI is InChI=1S/C17H20N2OS/c1-4-12-13-7-5-6-8-15(13)20-16(12)14-10-21-17(19-14)18-9-11(2)3/h5-8,10-11H,4,9H2,1-3H3,(H,18,19). The Bertz CT molecular complexity index is 742. The van der Waals surface area contributed by atoms with Crippen LogP contribution >= 0.6 is 11.3 Å². The summed E-state index contributed by atoms with van der Waals surface area (Å²) in [5.74, 6) is 1.52. The topological polar surface area (TPSA) is 38.1 Å². The lowest BCUT2D eigenvalue weighted by molar-refractivity contribution is 0.625.